The van der Waals surface area contributed by atoms with E-state index in [4.69, 9.17) is 0 Å². The predicted molar refractivity (Wildman–Crippen MR) is 111 cm³/mol. The van der Waals surface area contributed by atoms with Gasteiger partial charge in [0.1, 0.15) is 0 Å². The Bertz CT molecular complexity index is 902. The number of rotatable bonds is 5. The summed E-state index contributed by atoms with van der Waals surface area (Å²) in [6.07, 6.45) is 2.42. The Labute approximate surface area is 167 Å². The average molecular weight is 402 g/mol. The van der Waals surface area contributed by atoms with Gasteiger partial charge in [-0.2, -0.15) is 4.31 Å². The van der Waals surface area contributed by atoms with E-state index in [1.54, 1.807) is 4.31 Å². The molecule has 1 aromatic carbocycles. The van der Waals surface area contributed by atoms with Crippen LogP contribution in [0.3, 0.4) is 0 Å². The van der Waals surface area contributed by atoms with Crippen LogP contribution < -0.4 is 9.80 Å². The second-order valence-corrected chi connectivity index (χ2v) is 9.54. The molecule has 28 heavy (non-hydrogen) atoms. The van der Waals surface area contributed by atoms with E-state index < -0.39 is 10.0 Å². The van der Waals surface area contributed by atoms with Gasteiger partial charge < -0.3 is 9.80 Å². The fraction of sp³-hybridized carbons (Fsp3) is 0.500. The van der Waals surface area contributed by atoms with Crippen molar-refractivity contribution in [3.63, 3.8) is 0 Å². The van der Waals surface area contributed by atoms with Crippen LogP contribution in [0, 0.1) is 6.92 Å². The van der Waals surface area contributed by atoms with Crippen LogP contribution in [0.15, 0.2) is 36.4 Å². The third-order valence-corrected chi connectivity index (χ3v) is 7.30. The minimum Gasteiger partial charge on any atom is -0.355 e. The number of aryl methyl sites for hydroxylation is 1. The van der Waals surface area contributed by atoms with Crippen LogP contribution in [0.1, 0.15) is 24.0 Å². The number of hydrogen-bond donors (Lipinski definition) is 0. The van der Waals surface area contributed by atoms with Crippen LogP contribution in [0.4, 0.5) is 11.6 Å². The molecule has 2 fully saturated rings. The largest absolute Gasteiger partial charge is 0.355 e. The van der Waals surface area contributed by atoms with Gasteiger partial charge in [0.05, 0.1) is 5.75 Å². The highest BCUT2D eigenvalue weighted by molar-refractivity contribution is 7.88. The molecular weight excluding hydrogens is 374 g/mol. The van der Waals surface area contributed by atoms with Gasteiger partial charge in [-0.25, -0.2) is 8.42 Å². The third kappa shape index (κ3) is 4.28. The molecule has 1 aromatic heterocycles. The molecule has 8 heteroatoms. The molecule has 0 aliphatic carbocycles. The first-order valence-electron chi connectivity index (χ1n) is 9.88. The summed E-state index contributed by atoms with van der Waals surface area (Å²) < 4.78 is 27.1. The Balaban J connectivity index is 1.36. The molecule has 2 saturated heterocycles. The van der Waals surface area contributed by atoms with Crippen LogP contribution in [0.25, 0.3) is 0 Å². The summed E-state index contributed by atoms with van der Waals surface area (Å²) in [5.74, 6) is 1.80. The molecule has 3 heterocycles. The smallest absolute Gasteiger partial charge is 0.218 e. The van der Waals surface area contributed by atoms with Crippen LogP contribution in [-0.4, -0.2) is 62.2 Å². The number of nitrogens with zero attached hydrogens (tertiary/aromatic N) is 5. The van der Waals surface area contributed by atoms with Crippen LogP contribution in [-0.2, 0) is 15.8 Å². The van der Waals surface area contributed by atoms with Crippen LogP contribution in [0.5, 0.6) is 0 Å². The maximum atomic E-state index is 12.8. The Morgan fingerprint density at radius 2 is 1.46 bits per heavy atom. The SMILES string of the molecule is Cc1cccc(CS(=O)(=O)N2CCN(c3ccc(N4CCCC4)nn3)CC2)c1. The lowest BCUT2D eigenvalue weighted by Crippen LogP contribution is -2.49. The van der Waals surface area contributed by atoms with Gasteiger partial charge in [0.15, 0.2) is 11.6 Å². The second kappa shape index (κ2) is 8.05. The van der Waals surface area contributed by atoms with Crippen molar-refractivity contribution in [1.82, 2.24) is 14.5 Å². The lowest BCUT2D eigenvalue weighted by atomic mass is 10.2. The lowest BCUT2D eigenvalue weighted by molar-refractivity contribution is 0.383. The van der Waals surface area contributed by atoms with Gasteiger partial charge in [-0.1, -0.05) is 29.8 Å². The van der Waals surface area contributed by atoms with E-state index in [1.807, 2.05) is 43.3 Å². The van der Waals surface area contributed by atoms with Crippen molar-refractivity contribution >= 4 is 21.7 Å². The lowest BCUT2D eigenvalue weighted by Gasteiger charge is -2.34. The molecule has 0 N–H and O–H groups in total. The molecule has 7 nitrogen and oxygen atoms in total. The van der Waals surface area contributed by atoms with Crippen molar-refractivity contribution < 1.29 is 8.42 Å². The summed E-state index contributed by atoms with van der Waals surface area (Å²) in [5, 5.41) is 8.75. The topological polar surface area (TPSA) is 69.6 Å². The highest BCUT2D eigenvalue weighted by Crippen LogP contribution is 2.21. The first kappa shape index (κ1) is 19.1. The van der Waals surface area contributed by atoms with Gasteiger partial charge in [0, 0.05) is 39.3 Å². The summed E-state index contributed by atoms with van der Waals surface area (Å²) in [5.41, 5.74) is 1.92. The molecule has 0 atom stereocenters. The zero-order valence-electron chi connectivity index (χ0n) is 16.3. The minimum absolute atomic E-state index is 0.0546. The van der Waals surface area contributed by atoms with Crippen LogP contribution >= 0.6 is 0 Å². The van der Waals surface area contributed by atoms with Gasteiger partial charge in [0.25, 0.3) is 0 Å². The molecule has 0 amide bonds. The molecule has 2 aliphatic heterocycles. The Morgan fingerprint density at radius 1 is 0.857 bits per heavy atom. The predicted octanol–water partition coefficient (Wildman–Crippen LogP) is 2.04. The monoisotopic (exact) mass is 401 g/mol. The number of aromatic nitrogens is 2. The standard InChI is InChI=1S/C20H27N5O2S/c1-17-5-4-6-18(15-17)16-28(26,27)25-13-11-24(12-14-25)20-8-7-19(21-22-20)23-9-2-3-10-23/h4-8,15H,2-3,9-14,16H2,1H3. The molecule has 0 radical (unpaired) electrons. The molecular formula is C20H27N5O2S. The minimum atomic E-state index is -3.31. The Morgan fingerprint density at radius 3 is 2.04 bits per heavy atom. The van der Waals surface area contributed by atoms with E-state index in [0.29, 0.717) is 26.2 Å². The number of benzene rings is 1. The highest BCUT2D eigenvalue weighted by Gasteiger charge is 2.28. The first-order chi connectivity index (χ1) is 13.5. The van der Waals surface area contributed by atoms with Crippen molar-refractivity contribution in [3.8, 4) is 0 Å². The summed E-state index contributed by atoms with van der Waals surface area (Å²) in [6, 6.07) is 11.7. The maximum absolute atomic E-state index is 12.8. The fourth-order valence-corrected chi connectivity index (χ4v) is 5.40. The number of hydrogen-bond acceptors (Lipinski definition) is 6. The molecule has 0 unspecified atom stereocenters. The summed E-state index contributed by atoms with van der Waals surface area (Å²) >= 11 is 0. The van der Waals surface area contributed by atoms with Crippen molar-refractivity contribution in [3.05, 3.63) is 47.5 Å². The number of sulfonamides is 1. The summed E-state index contributed by atoms with van der Waals surface area (Å²) in [7, 11) is -3.31. The van der Waals surface area contributed by atoms with Crippen molar-refractivity contribution in [2.75, 3.05) is 49.1 Å². The molecule has 2 aromatic rings. The normalized spacial score (nSPS) is 18.6. The van der Waals surface area contributed by atoms with E-state index in [1.165, 1.54) is 12.8 Å². The Hall–Kier alpha value is -2.19. The van der Waals surface area contributed by atoms with Gasteiger partial charge in [-0.15, -0.1) is 10.2 Å². The van der Waals surface area contributed by atoms with Crippen molar-refractivity contribution in [2.24, 2.45) is 0 Å². The van der Waals surface area contributed by atoms with Gasteiger partial charge in [0.2, 0.25) is 10.0 Å². The zero-order valence-corrected chi connectivity index (χ0v) is 17.1. The molecule has 4 rings (SSSR count). The van der Waals surface area contributed by atoms with Crippen molar-refractivity contribution in [1.29, 1.82) is 0 Å². The highest BCUT2D eigenvalue weighted by atomic mass is 32.2. The molecule has 0 bridgehead atoms. The molecule has 0 spiro atoms. The van der Waals surface area contributed by atoms with Crippen LogP contribution in [0.2, 0.25) is 0 Å². The van der Waals surface area contributed by atoms with Gasteiger partial charge in [-0.05, 0) is 37.5 Å². The average Bonchev–Trinajstić information content (AvgIpc) is 3.23. The number of anilines is 2. The maximum Gasteiger partial charge on any atom is 0.218 e. The van der Waals surface area contributed by atoms with Gasteiger partial charge in [-0.3, -0.25) is 0 Å². The van der Waals surface area contributed by atoms with E-state index >= 15 is 0 Å². The van der Waals surface area contributed by atoms with Crippen molar-refractivity contribution in [2.45, 2.75) is 25.5 Å². The Kier molecular flexibility index (Phi) is 5.50. The summed E-state index contributed by atoms with van der Waals surface area (Å²) in [4.78, 5) is 4.37. The van der Waals surface area contributed by atoms with Gasteiger partial charge >= 0.3 is 0 Å². The second-order valence-electron chi connectivity index (χ2n) is 7.58. The van der Waals surface area contributed by atoms with E-state index in [2.05, 4.69) is 20.0 Å². The first-order valence-corrected chi connectivity index (χ1v) is 11.5. The van der Waals surface area contributed by atoms with E-state index in [0.717, 1.165) is 35.9 Å². The fourth-order valence-electron chi connectivity index (χ4n) is 3.90. The van der Waals surface area contributed by atoms with E-state index in [-0.39, 0.29) is 5.75 Å². The number of piperazine rings is 1. The quantitative estimate of drug-likeness (QED) is 0.764. The molecule has 2 aliphatic rings. The third-order valence-electron chi connectivity index (χ3n) is 5.45. The molecule has 150 valence electrons. The zero-order chi connectivity index (χ0) is 19.6. The van der Waals surface area contributed by atoms with E-state index in [9.17, 15) is 8.42 Å². The molecule has 0 saturated carbocycles. The summed E-state index contributed by atoms with van der Waals surface area (Å²) in [6.45, 7) is 6.28.